The molecule has 0 aliphatic rings. The molecule has 15 heavy (non-hydrogen) atoms. The van der Waals surface area contributed by atoms with Crippen LogP contribution in [0.3, 0.4) is 0 Å². The number of hydrogen-bond donors (Lipinski definition) is 2. The maximum absolute atomic E-state index is 11.2. The van der Waals surface area contributed by atoms with E-state index in [0.717, 1.165) is 11.9 Å². The minimum absolute atomic E-state index is 0. The number of sulfonamides is 1. The van der Waals surface area contributed by atoms with E-state index in [0.29, 0.717) is 5.69 Å². The Labute approximate surface area is 95.7 Å². The van der Waals surface area contributed by atoms with Crippen LogP contribution >= 0.6 is 12.4 Å². The lowest BCUT2D eigenvalue weighted by Crippen LogP contribution is -2.24. The number of rotatable bonds is 3. The summed E-state index contributed by atoms with van der Waals surface area (Å²) in [6, 6.07) is 6.76. The number of anilines is 2. The van der Waals surface area contributed by atoms with Gasteiger partial charge in [-0.15, -0.1) is 12.4 Å². The molecule has 0 radical (unpaired) electrons. The van der Waals surface area contributed by atoms with Crippen molar-refractivity contribution < 1.29 is 8.42 Å². The van der Waals surface area contributed by atoms with Gasteiger partial charge in [-0.25, -0.2) is 8.42 Å². The van der Waals surface area contributed by atoms with E-state index >= 15 is 0 Å². The molecule has 1 aromatic carbocycles. The number of nitrogens with two attached hydrogens (primary N) is 1. The predicted octanol–water partition coefficient (Wildman–Crippen LogP) is 0.790. The van der Waals surface area contributed by atoms with E-state index in [4.69, 9.17) is 5.84 Å². The first-order valence-corrected chi connectivity index (χ1v) is 5.80. The molecule has 0 aliphatic carbocycles. The molecule has 0 atom stereocenters. The molecule has 0 fully saturated rings. The van der Waals surface area contributed by atoms with Crippen molar-refractivity contribution in [1.82, 2.24) is 0 Å². The molecular formula is C8H14ClN3O2S. The summed E-state index contributed by atoms with van der Waals surface area (Å²) in [5, 5.41) is 0. The third-order valence-electron chi connectivity index (χ3n) is 1.90. The quantitative estimate of drug-likeness (QED) is 0.615. The topological polar surface area (TPSA) is 75.4 Å². The predicted molar refractivity (Wildman–Crippen MR) is 64.7 cm³/mol. The lowest BCUT2D eigenvalue weighted by atomic mass is 10.3. The Morgan fingerprint density at radius 1 is 1.27 bits per heavy atom. The van der Waals surface area contributed by atoms with E-state index in [1.807, 2.05) is 0 Å². The Morgan fingerprint density at radius 3 is 2.07 bits per heavy atom. The average Bonchev–Trinajstić information content (AvgIpc) is 2.15. The number of benzene rings is 1. The minimum Gasteiger partial charge on any atom is -0.324 e. The Kier molecular flexibility index (Phi) is 4.86. The van der Waals surface area contributed by atoms with E-state index in [1.165, 1.54) is 11.4 Å². The monoisotopic (exact) mass is 251 g/mol. The number of nitrogens with one attached hydrogen (secondary N) is 1. The van der Waals surface area contributed by atoms with Crippen LogP contribution in [0.25, 0.3) is 0 Å². The lowest BCUT2D eigenvalue weighted by molar-refractivity contribution is 0.600. The summed E-state index contributed by atoms with van der Waals surface area (Å²) in [7, 11) is -1.69. The minimum atomic E-state index is -3.19. The molecule has 1 rings (SSSR count). The Bertz CT molecular complexity index is 404. The van der Waals surface area contributed by atoms with Gasteiger partial charge in [-0.05, 0) is 24.3 Å². The molecule has 0 amide bonds. The van der Waals surface area contributed by atoms with Gasteiger partial charge in [0.15, 0.2) is 0 Å². The highest BCUT2D eigenvalue weighted by atomic mass is 35.5. The summed E-state index contributed by atoms with van der Waals surface area (Å²) in [6.45, 7) is 0. The Morgan fingerprint density at radius 2 is 1.73 bits per heavy atom. The van der Waals surface area contributed by atoms with E-state index in [2.05, 4.69) is 5.43 Å². The van der Waals surface area contributed by atoms with Crippen molar-refractivity contribution in [2.45, 2.75) is 0 Å². The molecule has 0 bridgehead atoms. The molecule has 1 aromatic rings. The van der Waals surface area contributed by atoms with Crippen LogP contribution in [0.15, 0.2) is 24.3 Å². The molecular weight excluding hydrogens is 238 g/mol. The van der Waals surface area contributed by atoms with Crippen LogP contribution in [-0.4, -0.2) is 21.7 Å². The average molecular weight is 252 g/mol. The number of hydrazine groups is 1. The van der Waals surface area contributed by atoms with Gasteiger partial charge in [0, 0.05) is 12.7 Å². The van der Waals surface area contributed by atoms with Crippen LogP contribution in [0.2, 0.25) is 0 Å². The van der Waals surface area contributed by atoms with Gasteiger partial charge in [0.1, 0.15) is 0 Å². The second-order valence-corrected chi connectivity index (χ2v) is 4.94. The van der Waals surface area contributed by atoms with Crippen molar-refractivity contribution in [2.75, 3.05) is 23.0 Å². The summed E-state index contributed by atoms with van der Waals surface area (Å²) < 4.78 is 23.5. The summed E-state index contributed by atoms with van der Waals surface area (Å²) in [5.74, 6) is 5.18. The second kappa shape index (κ2) is 5.20. The van der Waals surface area contributed by atoms with Gasteiger partial charge in [-0.1, -0.05) is 0 Å². The highest BCUT2D eigenvalue weighted by Gasteiger charge is 2.10. The Hall–Kier alpha value is -0.980. The number of nitrogen functional groups attached to an aromatic ring is 1. The van der Waals surface area contributed by atoms with Crippen molar-refractivity contribution in [3.8, 4) is 0 Å². The summed E-state index contributed by atoms with van der Waals surface area (Å²) in [5.41, 5.74) is 3.80. The van der Waals surface area contributed by atoms with E-state index < -0.39 is 10.0 Å². The second-order valence-electron chi connectivity index (χ2n) is 2.92. The first kappa shape index (κ1) is 14.0. The Balaban J connectivity index is 0.00000196. The first-order valence-electron chi connectivity index (χ1n) is 3.96. The van der Waals surface area contributed by atoms with Gasteiger partial charge in [0.05, 0.1) is 11.9 Å². The van der Waals surface area contributed by atoms with Gasteiger partial charge < -0.3 is 5.43 Å². The van der Waals surface area contributed by atoms with Crippen LogP contribution in [0.5, 0.6) is 0 Å². The van der Waals surface area contributed by atoms with Crippen LogP contribution in [0.1, 0.15) is 0 Å². The first-order chi connectivity index (χ1) is 6.45. The number of hydrogen-bond acceptors (Lipinski definition) is 4. The molecule has 0 spiro atoms. The normalized spacial score (nSPS) is 10.3. The number of halogens is 1. The smallest absolute Gasteiger partial charge is 0.231 e. The molecule has 3 N–H and O–H groups in total. The van der Waals surface area contributed by atoms with Crippen molar-refractivity contribution in [1.29, 1.82) is 0 Å². The fourth-order valence-electron chi connectivity index (χ4n) is 0.959. The fraction of sp³-hybridized carbons (Fsp3) is 0.250. The van der Waals surface area contributed by atoms with E-state index in [1.54, 1.807) is 24.3 Å². The maximum Gasteiger partial charge on any atom is 0.231 e. The lowest BCUT2D eigenvalue weighted by Gasteiger charge is -2.16. The van der Waals surface area contributed by atoms with Crippen molar-refractivity contribution in [3.63, 3.8) is 0 Å². The number of nitrogens with zero attached hydrogens (tertiary/aromatic N) is 1. The van der Waals surface area contributed by atoms with Gasteiger partial charge in [-0.2, -0.15) is 0 Å². The van der Waals surface area contributed by atoms with Crippen molar-refractivity contribution in [2.24, 2.45) is 5.84 Å². The SMILES string of the molecule is CN(c1ccc(NN)cc1)S(C)(=O)=O.Cl. The van der Waals surface area contributed by atoms with Gasteiger partial charge in [0.2, 0.25) is 10.0 Å². The summed E-state index contributed by atoms with van der Waals surface area (Å²) in [4.78, 5) is 0. The van der Waals surface area contributed by atoms with Crippen LogP contribution in [0.4, 0.5) is 11.4 Å². The molecule has 0 heterocycles. The largest absolute Gasteiger partial charge is 0.324 e. The van der Waals surface area contributed by atoms with E-state index in [-0.39, 0.29) is 12.4 Å². The molecule has 7 heteroatoms. The van der Waals surface area contributed by atoms with Crippen molar-refractivity contribution in [3.05, 3.63) is 24.3 Å². The molecule has 0 aromatic heterocycles. The third-order valence-corrected chi connectivity index (χ3v) is 3.10. The molecule has 0 saturated carbocycles. The highest BCUT2D eigenvalue weighted by Crippen LogP contribution is 2.17. The molecule has 0 unspecified atom stereocenters. The third kappa shape index (κ3) is 3.58. The zero-order valence-electron chi connectivity index (χ0n) is 8.47. The van der Waals surface area contributed by atoms with E-state index in [9.17, 15) is 8.42 Å². The molecule has 5 nitrogen and oxygen atoms in total. The zero-order chi connectivity index (χ0) is 10.8. The van der Waals surface area contributed by atoms with Crippen molar-refractivity contribution >= 4 is 33.8 Å². The molecule has 0 aliphatic heterocycles. The van der Waals surface area contributed by atoms with Gasteiger partial charge in [-0.3, -0.25) is 10.1 Å². The molecule has 86 valence electrons. The standard InChI is InChI=1S/C8H13N3O2S.ClH/c1-11(14(2,12)13)8-5-3-7(10-9)4-6-8;/h3-6,10H,9H2,1-2H3;1H. The summed E-state index contributed by atoms with van der Waals surface area (Å²) in [6.07, 6.45) is 1.15. The maximum atomic E-state index is 11.2. The highest BCUT2D eigenvalue weighted by molar-refractivity contribution is 7.92. The van der Waals surface area contributed by atoms with Gasteiger partial charge in [0.25, 0.3) is 0 Å². The zero-order valence-corrected chi connectivity index (χ0v) is 10.1. The van der Waals surface area contributed by atoms with Gasteiger partial charge >= 0.3 is 0 Å². The summed E-state index contributed by atoms with van der Waals surface area (Å²) >= 11 is 0. The fourth-order valence-corrected chi connectivity index (χ4v) is 1.46. The van der Waals surface area contributed by atoms with Crippen LogP contribution in [-0.2, 0) is 10.0 Å². The van der Waals surface area contributed by atoms with Crippen LogP contribution < -0.4 is 15.6 Å². The molecule has 0 saturated heterocycles. The van der Waals surface area contributed by atoms with Crippen LogP contribution in [0, 0.1) is 0 Å².